The molecule has 0 unspecified atom stereocenters. The van der Waals surface area contributed by atoms with Crippen LogP contribution in [0.15, 0.2) is 6.07 Å². The van der Waals surface area contributed by atoms with Crippen molar-refractivity contribution < 1.29 is 4.74 Å². The molecule has 0 radical (unpaired) electrons. The van der Waals surface area contributed by atoms with Gasteiger partial charge in [0, 0.05) is 25.9 Å². The van der Waals surface area contributed by atoms with Gasteiger partial charge in [0.1, 0.15) is 5.82 Å². The summed E-state index contributed by atoms with van der Waals surface area (Å²) in [7, 11) is 1.71. The predicted octanol–water partition coefficient (Wildman–Crippen LogP) is 2.41. The first-order valence-electron chi connectivity index (χ1n) is 6.72. The minimum absolute atomic E-state index is 0.713. The second-order valence-electron chi connectivity index (χ2n) is 5.00. The van der Waals surface area contributed by atoms with Crippen molar-refractivity contribution in [2.45, 2.75) is 33.1 Å². The van der Waals surface area contributed by atoms with Gasteiger partial charge in [0.2, 0.25) is 0 Å². The molecule has 0 bridgehead atoms. The maximum Gasteiger partial charge on any atom is 0.138 e. The van der Waals surface area contributed by atoms with Crippen molar-refractivity contribution in [2.75, 3.05) is 26.0 Å². The van der Waals surface area contributed by atoms with E-state index >= 15 is 0 Å². The number of nitrogens with one attached hydrogen (secondary N) is 1. The zero-order chi connectivity index (χ0) is 14.1. The lowest BCUT2D eigenvalue weighted by Gasteiger charge is -2.08. The van der Waals surface area contributed by atoms with Gasteiger partial charge in [0.15, 0.2) is 0 Å². The van der Waals surface area contributed by atoms with E-state index in [0.29, 0.717) is 5.92 Å². The molecule has 0 aliphatic carbocycles. The van der Waals surface area contributed by atoms with E-state index in [1.165, 1.54) is 0 Å². The molecule has 4 nitrogen and oxygen atoms in total. The van der Waals surface area contributed by atoms with E-state index in [1.54, 1.807) is 7.11 Å². The van der Waals surface area contributed by atoms with Crippen LogP contribution in [0.4, 0.5) is 0 Å². The van der Waals surface area contributed by atoms with Crippen LogP contribution in [-0.2, 0) is 17.0 Å². The van der Waals surface area contributed by atoms with Crippen LogP contribution in [-0.4, -0.2) is 36.0 Å². The summed E-state index contributed by atoms with van der Waals surface area (Å²) in [5.74, 6) is 3.70. The molecule has 0 fully saturated rings. The molecule has 0 saturated carbocycles. The molecule has 0 spiro atoms. The summed E-state index contributed by atoms with van der Waals surface area (Å²) >= 11 is 1.90. The van der Waals surface area contributed by atoms with Crippen molar-refractivity contribution in [3.05, 3.63) is 23.3 Å². The highest BCUT2D eigenvalue weighted by atomic mass is 32.2. The summed E-state index contributed by atoms with van der Waals surface area (Å²) < 4.78 is 5.00. The van der Waals surface area contributed by atoms with Crippen LogP contribution in [0.2, 0.25) is 0 Å². The molecule has 0 aliphatic heterocycles. The van der Waals surface area contributed by atoms with Crippen LogP contribution < -0.4 is 5.32 Å². The highest BCUT2D eigenvalue weighted by Gasteiger charge is 2.03. The third-order valence-corrected chi connectivity index (χ3v) is 3.79. The Hall–Kier alpha value is -0.650. The number of thioether (sulfide) groups is 1. The number of hydrogen-bond donors (Lipinski definition) is 1. The fraction of sp³-hybridized carbons (Fsp3) is 0.714. The fourth-order valence-corrected chi connectivity index (χ4v) is 2.53. The quantitative estimate of drug-likeness (QED) is 0.705. The van der Waals surface area contributed by atoms with Crippen LogP contribution in [0.25, 0.3) is 0 Å². The molecule has 5 heteroatoms. The SMILES string of the molecule is COCCNCc1cc(C)nc(CSCC(C)C)n1. The average Bonchev–Trinajstić information content (AvgIpc) is 2.34. The van der Waals surface area contributed by atoms with E-state index in [2.05, 4.69) is 29.1 Å². The summed E-state index contributed by atoms with van der Waals surface area (Å²) in [4.78, 5) is 9.08. The van der Waals surface area contributed by atoms with Crippen molar-refractivity contribution in [2.24, 2.45) is 5.92 Å². The molecule has 1 rings (SSSR count). The smallest absolute Gasteiger partial charge is 0.138 e. The number of methoxy groups -OCH3 is 1. The second kappa shape index (κ2) is 9.28. The molecular weight excluding hydrogens is 258 g/mol. The van der Waals surface area contributed by atoms with Gasteiger partial charge in [-0.05, 0) is 24.7 Å². The van der Waals surface area contributed by atoms with Crippen molar-refractivity contribution in [3.8, 4) is 0 Å². The Bertz CT molecular complexity index is 372. The van der Waals surface area contributed by atoms with Crippen LogP contribution in [0.5, 0.6) is 0 Å². The minimum atomic E-state index is 0.713. The summed E-state index contributed by atoms with van der Waals surface area (Å²) in [6.07, 6.45) is 0. The van der Waals surface area contributed by atoms with E-state index in [-0.39, 0.29) is 0 Å². The predicted molar refractivity (Wildman–Crippen MR) is 81.4 cm³/mol. The molecule has 19 heavy (non-hydrogen) atoms. The summed E-state index contributed by atoms with van der Waals surface area (Å²) in [5.41, 5.74) is 2.10. The second-order valence-corrected chi connectivity index (χ2v) is 6.03. The van der Waals surface area contributed by atoms with Crippen molar-refractivity contribution in [1.29, 1.82) is 0 Å². The van der Waals surface area contributed by atoms with E-state index < -0.39 is 0 Å². The zero-order valence-electron chi connectivity index (χ0n) is 12.4. The molecule has 0 saturated heterocycles. The Morgan fingerprint density at radius 2 is 2.16 bits per heavy atom. The lowest BCUT2D eigenvalue weighted by atomic mass is 10.3. The Morgan fingerprint density at radius 1 is 1.37 bits per heavy atom. The Kier molecular flexibility index (Phi) is 8.02. The number of ether oxygens (including phenoxy) is 1. The number of aromatic nitrogens is 2. The van der Waals surface area contributed by atoms with Crippen LogP contribution in [0.3, 0.4) is 0 Å². The van der Waals surface area contributed by atoms with Gasteiger partial charge in [-0.3, -0.25) is 0 Å². The van der Waals surface area contributed by atoms with Gasteiger partial charge in [-0.15, -0.1) is 0 Å². The van der Waals surface area contributed by atoms with Gasteiger partial charge in [0.05, 0.1) is 18.1 Å². The van der Waals surface area contributed by atoms with E-state index in [0.717, 1.165) is 48.4 Å². The first kappa shape index (κ1) is 16.4. The number of nitrogens with zero attached hydrogens (tertiary/aromatic N) is 2. The number of hydrogen-bond acceptors (Lipinski definition) is 5. The maximum atomic E-state index is 5.00. The lowest BCUT2D eigenvalue weighted by molar-refractivity contribution is 0.199. The fourth-order valence-electron chi connectivity index (χ4n) is 1.63. The molecule has 1 aromatic rings. The highest BCUT2D eigenvalue weighted by Crippen LogP contribution is 2.13. The third kappa shape index (κ3) is 7.50. The zero-order valence-corrected chi connectivity index (χ0v) is 13.2. The van der Waals surface area contributed by atoms with Gasteiger partial charge >= 0.3 is 0 Å². The van der Waals surface area contributed by atoms with Gasteiger partial charge < -0.3 is 10.1 Å². The summed E-state index contributed by atoms with van der Waals surface area (Å²) in [6.45, 7) is 8.83. The van der Waals surface area contributed by atoms with Gasteiger partial charge in [-0.2, -0.15) is 11.8 Å². The van der Waals surface area contributed by atoms with Gasteiger partial charge in [0.25, 0.3) is 0 Å². The first-order valence-corrected chi connectivity index (χ1v) is 7.88. The largest absolute Gasteiger partial charge is 0.383 e. The molecule has 0 amide bonds. The molecule has 0 aliphatic rings. The molecule has 1 N–H and O–H groups in total. The van der Waals surface area contributed by atoms with E-state index in [1.807, 2.05) is 24.8 Å². The maximum absolute atomic E-state index is 5.00. The Morgan fingerprint density at radius 3 is 2.84 bits per heavy atom. The van der Waals surface area contributed by atoms with Gasteiger partial charge in [-0.1, -0.05) is 13.8 Å². The highest BCUT2D eigenvalue weighted by molar-refractivity contribution is 7.98. The monoisotopic (exact) mass is 283 g/mol. The molecular formula is C14H25N3OS. The number of aryl methyl sites for hydroxylation is 1. The van der Waals surface area contributed by atoms with Gasteiger partial charge in [-0.25, -0.2) is 9.97 Å². The number of rotatable bonds is 9. The van der Waals surface area contributed by atoms with Crippen LogP contribution in [0, 0.1) is 12.8 Å². The van der Waals surface area contributed by atoms with E-state index in [9.17, 15) is 0 Å². The van der Waals surface area contributed by atoms with Crippen molar-refractivity contribution in [1.82, 2.24) is 15.3 Å². The van der Waals surface area contributed by atoms with Crippen molar-refractivity contribution in [3.63, 3.8) is 0 Å². The van der Waals surface area contributed by atoms with Crippen LogP contribution in [0.1, 0.15) is 31.1 Å². The molecule has 1 heterocycles. The first-order chi connectivity index (χ1) is 9.11. The average molecular weight is 283 g/mol. The Balaban J connectivity index is 2.46. The summed E-state index contributed by atoms with van der Waals surface area (Å²) in [5, 5.41) is 3.31. The Labute approximate surface area is 120 Å². The standard InChI is InChI=1S/C14H25N3OS/c1-11(2)9-19-10-14-16-12(3)7-13(17-14)8-15-5-6-18-4/h7,11,15H,5-6,8-10H2,1-4H3. The van der Waals surface area contributed by atoms with E-state index in [4.69, 9.17) is 4.74 Å². The minimum Gasteiger partial charge on any atom is -0.383 e. The molecule has 0 atom stereocenters. The lowest BCUT2D eigenvalue weighted by Crippen LogP contribution is -2.19. The topological polar surface area (TPSA) is 47.0 Å². The molecule has 1 aromatic heterocycles. The summed E-state index contributed by atoms with van der Waals surface area (Å²) in [6, 6.07) is 2.04. The van der Waals surface area contributed by atoms with Crippen molar-refractivity contribution >= 4 is 11.8 Å². The molecule has 0 aromatic carbocycles. The normalized spacial score (nSPS) is 11.2. The van der Waals surface area contributed by atoms with Crippen LogP contribution >= 0.6 is 11.8 Å². The third-order valence-electron chi connectivity index (χ3n) is 2.43. The molecule has 108 valence electrons.